The number of amides is 1. The molecule has 10 heteroatoms. The minimum absolute atomic E-state index is 0.0359. The van der Waals surface area contributed by atoms with Crippen LogP contribution in [0.4, 0.5) is 13.2 Å². The molecule has 0 radical (unpaired) electrons. The number of nitrogens with one attached hydrogen (secondary N) is 1. The average molecular weight is 653 g/mol. The fourth-order valence-corrected chi connectivity index (χ4v) is 5.50. The molecule has 0 heterocycles. The van der Waals surface area contributed by atoms with Crippen LogP contribution in [0.25, 0.3) is 0 Å². The first-order valence-electron chi connectivity index (χ1n) is 15.0. The van der Waals surface area contributed by atoms with Gasteiger partial charge in [0.05, 0.1) is 30.0 Å². The first-order valence-corrected chi connectivity index (χ1v) is 15.3. The number of carboxylic acid groups (broad SMARTS) is 1. The van der Waals surface area contributed by atoms with E-state index >= 15 is 0 Å². The van der Waals surface area contributed by atoms with E-state index in [1.807, 2.05) is 36.4 Å². The van der Waals surface area contributed by atoms with Crippen LogP contribution >= 0.6 is 11.6 Å². The number of carbonyl (C=O) groups excluding carboxylic acids is 1. The first kappa shape index (κ1) is 34.5. The third kappa shape index (κ3) is 10.6. The summed E-state index contributed by atoms with van der Waals surface area (Å²) in [4.78, 5) is 24.9. The van der Waals surface area contributed by atoms with Crippen molar-refractivity contribution in [3.05, 3.63) is 136 Å². The summed E-state index contributed by atoms with van der Waals surface area (Å²) in [5.41, 5.74) is 2.45. The smallest absolute Gasteiger partial charge is 0.417 e. The van der Waals surface area contributed by atoms with Gasteiger partial charge in [-0.05, 0) is 46.9 Å². The predicted octanol–water partition coefficient (Wildman–Crippen LogP) is 7.60. The monoisotopic (exact) mass is 652 g/mol. The van der Waals surface area contributed by atoms with Crippen molar-refractivity contribution < 1.29 is 32.6 Å². The van der Waals surface area contributed by atoms with Crippen LogP contribution in [0, 0.1) is 0 Å². The largest absolute Gasteiger partial charge is 0.494 e. The summed E-state index contributed by atoms with van der Waals surface area (Å²) in [5.74, 6) is -0.725. The van der Waals surface area contributed by atoms with Crippen molar-refractivity contribution in [1.82, 2.24) is 10.2 Å². The van der Waals surface area contributed by atoms with Crippen LogP contribution in [0.15, 0.2) is 103 Å². The van der Waals surface area contributed by atoms with Crippen molar-refractivity contribution in [3.63, 3.8) is 0 Å². The summed E-state index contributed by atoms with van der Waals surface area (Å²) in [5, 5.41) is 11.0. The molecular formula is C36H36ClF3N2O4. The molecule has 0 aliphatic rings. The van der Waals surface area contributed by atoms with Gasteiger partial charge in [-0.15, -0.1) is 0 Å². The normalized spacial score (nSPS) is 11.5. The van der Waals surface area contributed by atoms with Crippen molar-refractivity contribution in [2.75, 3.05) is 26.2 Å². The summed E-state index contributed by atoms with van der Waals surface area (Å²) in [6.07, 6.45) is -4.05. The Hall–Kier alpha value is -4.34. The fraction of sp³-hybridized carbons (Fsp3) is 0.278. The molecule has 0 fully saturated rings. The van der Waals surface area contributed by atoms with Gasteiger partial charge in [-0.25, -0.2) is 0 Å². The fourth-order valence-electron chi connectivity index (χ4n) is 5.21. The van der Waals surface area contributed by atoms with E-state index in [1.54, 1.807) is 30.3 Å². The third-order valence-corrected chi connectivity index (χ3v) is 7.88. The zero-order valence-corrected chi connectivity index (χ0v) is 25.9. The molecule has 0 spiro atoms. The quantitative estimate of drug-likeness (QED) is 0.122. The van der Waals surface area contributed by atoms with Crippen molar-refractivity contribution in [3.8, 4) is 5.75 Å². The number of carboxylic acids is 1. The van der Waals surface area contributed by atoms with Gasteiger partial charge in [0.25, 0.3) is 0 Å². The third-order valence-electron chi connectivity index (χ3n) is 7.43. The Labute approximate surface area is 271 Å². The van der Waals surface area contributed by atoms with Gasteiger partial charge in [0, 0.05) is 32.1 Å². The summed E-state index contributed by atoms with van der Waals surface area (Å²) < 4.78 is 46.9. The van der Waals surface area contributed by atoms with E-state index in [0.29, 0.717) is 37.4 Å². The molecule has 46 heavy (non-hydrogen) atoms. The van der Waals surface area contributed by atoms with Crippen molar-refractivity contribution in [2.24, 2.45) is 0 Å². The number of halogens is 4. The lowest BCUT2D eigenvalue weighted by molar-refractivity contribution is -0.138. The molecule has 0 atom stereocenters. The van der Waals surface area contributed by atoms with Crippen LogP contribution in [0.2, 0.25) is 5.02 Å². The molecule has 0 aliphatic heterocycles. The Morgan fingerprint density at radius 3 is 2.17 bits per heavy atom. The lowest BCUT2D eigenvalue weighted by atomic mass is 9.90. The number of nitrogens with zero attached hydrogens (tertiary/aromatic N) is 1. The molecule has 6 nitrogen and oxygen atoms in total. The molecule has 0 aromatic heterocycles. The van der Waals surface area contributed by atoms with Gasteiger partial charge in [-0.3, -0.25) is 14.5 Å². The van der Waals surface area contributed by atoms with Gasteiger partial charge < -0.3 is 15.2 Å². The number of ether oxygens (including phenoxy) is 1. The van der Waals surface area contributed by atoms with E-state index in [9.17, 15) is 22.8 Å². The molecule has 1 amide bonds. The maximum absolute atomic E-state index is 13.7. The van der Waals surface area contributed by atoms with Gasteiger partial charge in [-0.1, -0.05) is 96.5 Å². The van der Waals surface area contributed by atoms with E-state index < -0.39 is 17.7 Å². The number of hydrogen-bond acceptors (Lipinski definition) is 4. The van der Waals surface area contributed by atoms with Crippen LogP contribution < -0.4 is 10.1 Å². The number of hydrogen-bond donors (Lipinski definition) is 2. The van der Waals surface area contributed by atoms with Gasteiger partial charge in [0.2, 0.25) is 5.91 Å². The van der Waals surface area contributed by atoms with Crippen LogP contribution in [0.1, 0.15) is 46.6 Å². The molecular weight excluding hydrogens is 617 g/mol. The SMILES string of the molecule is O=C(O)CCNC(=O)Cc1cccc(OCCCN(Cc2cccc(C(F)(F)F)c2Cl)CC(c2ccccc2)c2ccccc2)c1. The highest BCUT2D eigenvalue weighted by atomic mass is 35.5. The molecule has 4 rings (SSSR count). The van der Waals surface area contributed by atoms with E-state index in [4.69, 9.17) is 21.4 Å². The lowest BCUT2D eigenvalue weighted by Crippen LogP contribution is -2.31. The second-order valence-corrected chi connectivity index (χ2v) is 11.3. The Balaban J connectivity index is 1.47. The minimum atomic E-state index is -4.56. The van der Waals surface area contributed by atoms with E-state index in [2.05, 4.69) is 34.5 Å². The van der Waals surface area contributed by atoms with Crippen molar-refractivity contribution in [2.45, 2.75) is 37.9 Å². The molecule has 0 unspecified atom stereocenters. The Morgan fingerprint density at radius 2 is 1.54 bits per heavy atom. The van der Waals surface area contributed by atoms with Crippen LogP contribution in [-0.2, 0) is 28.7 Å². The minimum Gasteiger partial charge on any atom is -0.494 e. The lowest BCUT2D eigenvalue weighted by Gasteiger charge is -2.29. The van der Waals surface area contributed by atoms with Gasteiger partial charge in [0.15, 0.2) is 0 Å². The number of benzene rings is 4. The number of aliphatic carboxylic acids is 1. The number of alkyl halides is 3. The zero-order chi connectivity index (χ0) is 32.9. The molecule has 4 aromatic carbocycles. The highest BCUT2D eigenvalue weighted by Gasteiger charge is 2.34. The molecule has 0 saturated carbocycles. The Morgan fingerprint density at radius 1 is 0.891 bits per heavy atom. The summed E-state index contributed by atoms with van der Waals surface area (Å²) in [6.45, 7) is 1.66. The molecule has 2 N–H and O–H groups in total. The second kappa shape index (κ2) is 16.8. The summed E-state index contributed by atoms with van der Waals surface area (Å²) >= 11 is 6.32. The topological polar surface area (TPSA) is 78.9 Å². The second-order valence-electron chi connectivity index (χ2n) is 10.9. The zero-order valence-electron chi connectivity index (χ0n) is 25.2. The van der Waals surface area contributed by atoms with E-state index in [0.717, 1.165) is 22.8 Å². The molecule has 242 valence electrons. The van der Waals surface area contributed by atoms with Crippen LogP contribution in [0.3, 0.4) is 0 Å². The van der Waals surface area contributed by atoms with Crippen molar-refractivity contribution >= 4 is 23.5 Å². The Bertz CT molecular complexity index is 1530. The number of rotatable bonds is 16. The predicted molar refractivity (Wildman–Crippen MR) is 172 cm³/mol. The first-order chi connectivity index (χ1) is 22.1. The average Bonchev–Trinajstić information content (AvgIpc) is 3.03. The summed E-state index contributed by atoms with van der Waals surface area (Å²) in [6, 6.07) is 31.1. The highest BCUT2D eigenvalue weighted by Crippen LogP contribution is 2.37. The highest BCUT2D eigenvalue weighted by molar-refractivity contribution is 6.32. The van der Waals surface area contributed by atoms with E-state index in [1.165, 1.54) is 6.07 Å². The van der Waals surface area contributed by atoms with Gasteiger partial charge >= 0.3 is 12.1 Å². The number of carbonyl (C=O) groups is 2. The van der Waals surface area contributed by atoms with Gasteiger partial charge in [-0.2, -0.15) is 13.2 Å². The standard InChI is InChI=1S/C36H36ClF3N2O4/c37-35-29(15-8-17-32(35)36(38,39)40)24-42(25-31(27-11-3-1-4-12-27)28-13-5-2-6-14-28)20-9-21-46-30-16-7-10-26(22-30)23-33(43)41-19-18-34(44)45/h1-8,10-17,22,31H,9,18-21,23-25H2,(H,41,43)(H,44,45). The Kier molecular flexibility index (Phi) is 12.6. The van der Waals surface area contributed by atoms with Crippen LogP contribution in [0.5, 0.6) is 5.75 Å². The maximum Gasteiger partial charge on any atom is 0.417 e. The molecule has 4 aromatic rings. The van der Waals surface area contributed by atoms with Crippen molar-refractivity contribution in [1.29, 1.82) is 0 Å². The van der Waals surface area contributed by atoms with E-state index in [-0.39, 0.29) is 42.8 Å². The summed E-state index contributed by atoms with van der Waals surface area (Å²) in [7, 11) is 0. The molecule has 0 saturated heterocycles. The molecule has 0 bridgehead atoms. The van der Waals surface area contributed by atoms with Gasteiger partial charge in [0.1, 0.15) is 5.75 Å². The molecule has 0 aliphatic carbocycles. The maximum atomic E-state index is 13.7. The van der Waals surface area contributed by atoms with Crippen LogP contribution in [-0.4, -0.2) is 48.1 Å².